The van der Waals surface area contributed by atoms with E-state index in [-0.39, 0.29) is 24.3 Å². The Bertz CT molecular complexity index is 1020. The summed E-state index contributed by atoms with van der Waals surface area (Å²) in [4.78, 5) is 12.9. The number of ether oxygens (including phenoxy) is 2. The first-order valence-electron chi connectivity index (χ1n) is 18.5. The van der Waals surface area contributed by atoms with Gasteiger partial charge >= 0.3 is 5.97 Å². The van der Waals surface area contributed by atoms with Crippen molar-refractivity contribution < 1.29 is 14.3 Å². The highest BCUT2D eigenvalue weighted by Gasteiger charge is 2.59. The Kier molecular flexibility index (Phi) is 8.78. The quantitative estimate of drug-likeness (QED) is 0.212. The number of carbonyl (C=O) groups is 1. The third kappa shape index (κ3) is 5.16. The van der Waals surface area contributed by atoms with Crippen molar-refractivity contribution in [1.82, 2.24) is 0 Å². The Morgan fingerprint density at radius 3 is 2.48 bits per heavy atom. The molecule has 0 aromatic carbocycles. The first-order valence-corrected chi connectivity index (χ1v) is 18.5. The van der Waals surface area contributed by atoms with Gasteiger partial charge in [-0.25, -0.2) is 0 Å². The number of carbonyl (C=O) groups excluding carboxylic acids is 1. The van der Waals surface area contributed by atoms with E-state index in [1.807, 2.05) is 0 Å². The number of allylic oxidation sites excluding steroid dienone is 1. The molecule has 0 radical (unpaired) electrons. The zero-order valence-corrected chi connectivity index (χ0v) is 28.5. The molecule has 1 aliphatic heterocycles. The summed E-state index contributed by atoms with van der Waals surface area (Å²) in [6.45, 7) is 19.7. The van der Waals surface area contributed by atoms with E-state index in [0.717, 1.165) is 67.1 Å². The minimum absolute atomic E-state index is 0.00742. The Morgan fingerprint density at radius 2 is 1.74 bits per heavy atom. The number of fused-ring (bicyclic) bond motifs is 6. The van der Waals surface area contributed by atoms with Crippen molar-refractivity contribution in [3.63, 3.8) is 0 Å². The van der Waals surface area contributed by atoms with Gasteiger partial charge in [0.25, 0.3) is 0 Å². The van der Waals surface area contributed by atoms with Gasteiger partial charge in [0, 0.05) is 5.92 Å². The molecular formula is C39H64O3. The Balaban J connectivity index is 1.10. The fraction of sp³-hybridized carbons (Fsp3) is 0.923. The first-order chi connectivity index (χ1) is 20.0. The first kappa shape index (κ1) is 31.2. The lowest BCUT2D eigenvalue weighted by atomic mass is 9.47. The van der Waals surface area contributed by atoms with Crippen LogP contribution in [0.25, 0.3) is 0 Å². The van der Waals surface area contributed by atoms with Gasteiger partial charge in [-0.05, 0) is 135 Å². The summed E-state index contributed by atoms with van der Waals surface area (Å²) in [7, 11) is 0. The maximum atomic E-state index is 12.9. The molecule has 4 saturated carbocycles. The number of esters is 1. The molecule has 5 aliphatic carbocycles. The fourth-order valence-electron chi connectivity index (χ4n) is 12.5. The van der Waals surface area contributed by atoms with Crippen LogP contribution in [0.4, 0.5) is 0 Å². The zero-order chi connectivity index (χ0) is 30.0. The molecule has 6 rings (SSSR count). The number of hydrogen-bond donors (Lipinski definition) is 0. The fourth-order valence-corrected chi connectivity index (χ4v) is 12.5. The summed E-state index contributed by atoms with van der Waals surface area (Å²) >= 11 is 0. The summed E-state index contributed by atoms with van der Waals surface area (Å²) < 4.78 is 12.7. The second-order valence-electron chi connectivity index (χ2n) is 17.4. The molecule has 1 saturated heterocycles. The van der Waals surface area contributed by atoms with Crippen molar-refractivity contribution in [1.29, 1.82) is 0 Å². The lowest BCUT2D eigenvalue weighted by Crippen LogP contribution is -2.51. The number of rotatable bonds is 8. The summed E-state index contributed by atoms with van der Waals surface area (Å²) in [5.41, 5.74) is 2.55. The molecule has 0 aromatic heterocycles. The van der Waals surface area contributed by atoms with Crippen LogP contribution in [0, 0.1) is 75.9 Å². The normalized spacial score (nSPS) is 48.0. The van der Waals surface area contributed by atoms with E-state index >= 15 is 0 Å². The van der Waals surface area contributed by atoms with Gasteiger partial charge in [-0.3, -0.25) is 4.79 Å². The van der Waals surface area contributed by atoms with Gasteiger partial charge in [0.05, 0.1) is 12.0 Å². The van der Waals surface area contributed by atoms with Crippen molar-refractivity contribution >= 4 is 5.97 Å². The molecule has 14 atom stereocenters. The highest BCUT2D eigenvalue weighted by Crippen LogP contribution is 2.67. The molecule has 238 valence electrons. The Labute approximate surface area is 258 Å². The van der Waals surface area contributed by atoms with Crippen LogP contribution in [0.2, 0.25) is 0 Å². The SMILES string of the molecule is CCC(CCC(C)C1CCC2C3CC=C4CC(OC5OC(=O)C6C(C)CCC6C5C)CCC4(C)C3CCC12C)C(C)C. The van der Waals surface area contributed by atoms with Crippen LogP contribution >= 0.6 is 0 Å². The minimum Gasteiger partial charge on any atom is -0.435 e. The van der Waals surface area contributed by atoms with E-state index < -0.39 is 0 Å². The predicted octanol–water partition coefficient (Wildman–Crippen LogP) is 10.2. The monoisotopic (exact) mass is 580 g/mol. The van der Waals surface area contributed by atoms with Crippen LogP contribution in [0.1, 0.15) is 139 Å². The topological polar surface area (TPSA) is 35.5 Å². The molecule has 42 heavy (non-hydrogen) atoms. The van der Waals surface area contributed by atoms with E-state index in [1.54, 1.807) is 5.57 Å². The van der Waals surface area contributed by atoms with E-state index in [1.165, 1.54) is 57.8 Å². The molecule has 0 aromatic rings. The molecule has 5 fully saturated rings. The molecule has 0 N–H and O–H groups in total. The van der Waals surface area contributed by atoms with Gasteiger partial charge in [0.2, 0.25) is 6.29 Å². The predicted molar refractivity (Wildman–Crippen MR) is 172 cm³/mol. The Hall–Kier alpha value is -0.830. The molecule has 3 heteroatoms. The molecule has 3 nitrogen and oxygen atoms in total. The lowest BCUT2D eigenvalue weighted by Gasteiger charge is -2.58. The van der Waals surface area contributed by atoms with Gasteiger partial charge in [0.1, 0.15) is 0 Å². The standard InChI is InChI=1S/C39H64O3/c1-9-27(23(2)3)12-10-24(4)32-16-17-33-31-15-13-28-22-29(18-20-38(28,7)34(31)19-21-39(32,33)8)41-37-26(6)30-14-11-25(5)35(30)36(40)42-37/h13,23-27,29-35,37H,9-12,14-22H2,1-8H3. The summed E-state index contributed by atoms with van der Waals surface area (Å²) in [6.07, 6.45) is 19.5. The maximum absolute atomic E-state index is 12.9. The lowest BCUT2D eigenvalue weighted by molar-refractivity contribution is -0.235. The summed E-state index contributed by atoms with van der Waals surface area (Å²) in [5, 5.41) is 0. The molecule has 0 bridgehead atoms. The Morgan fingerprint density at radius 1 is 0.952 bits per heavy atom. The highest BCUT2D eigenvalue weighted by atomic mass is 16.7. The van der Waals surface area contributed by atoms with Crippen LogP contribution < -0.4 is 0 Å². The van der Waals surface area contributed by atoms with Gasteiger partial charge in [-0.1, -0.05) is 79.9 Å². The van der Waals surface area contributed by atoms with Crippen molar-refractivity contribution in [3.8, 4) is 0 Å². The molecule has 14 unspecified atom stereocenters. The maximum Gasteiger partial charge on any atom is 0.311 e. The van der Waals surface area contributed by atoms with E-state index in [2.05, 4.69) is 61.5 Å². The zero-order valence-electron chi connectivity index (χ0n) is 28.5. The summed E-state index contributed by atoms with van der Waals surface area (Å²) in [5.74, 6) is 7.40. The van der Waals surface area contributed by atoms with Crippen LogP contribution in [-0.2, 0) is 14.3 Å². The van der Waals surface area contributed by atoms with E-state index in [0.29, 0.717) is 28.6 Å². The average molecular weight is 581 g/mol. The number of cyclic esters (lactones) is 1. The van der Waals surface area contributed by atoms with Crippen LogP contribution in [0.3, 0.4) is 0 Å². The second-order valence-corrected chi connectivity index (χ2v) is 17.4. The molecule has 0 amide bonds. The van der Waals surface area contributed by atoms with Gasteiger partial charge in [-0.15, -0.1) is 0 Å². The summed E-state index contributed by atoms with van der Waals surface area (Å²) in [6, 6.07) is 0. The minimum atomic E-state index is -0.351. The second kappa shape index (κ2) is 11.8. The van der Waals surface area contributed by atoms with Gasteiger partial charge in [-0.2, -0.15) is 0 Å². The number of hydrogen-bond acceptors (Lipinski definition) is 3. The molecule has 6 aliphatic rings. The van der Waals surface area contributed by atoms with E-state index in [4.69, 9.17) is 9.47 Å². The van der Waals surface area contributed by atoms with Gasteiger partial charge in [0.15, 0.2) is 0 Å². The third-order valence-electron chi connectivity index (χ3n) is 15.2. The smallest absolute Gasteiger partial charge is 0.311 e. The molecule has 1 heterocycles. The molecule has 0 spiro atoms. The van der Waals surface area contributed by atoms with Crippen molar-refractivity contribution in [3.05, 3.63) is 11.6 Å². The van der Waals surface area contributed by atoms with Crippen LogP contribution in [0.15, 0.2) is 11.6 Å². The van der Waals surface area contributed by atoms with Gasteiger partial charge < -0.3 is 9.47 Å². The largest absolute Gasteiger partial charge is 0.435 e. The van der Waals surface area contributed by atoms with Crippen LogP contribution in [0.5, 0.6) is 0 Å². The third-order valence-corrected chi connectivity index (χ3v) is 15.2. The van der Waals surface area contributed by atoms with Crippen molar-refractivity contribution in [2.45, 2.75) is 151 Å². The van der Waals surface area contributed by atoms with Crippen molar-refractivity contribution in [2.75, 3.05) is 0 Å². The average Bonchev–Trinajstić information content (AvgIpc) is 3.52. The highest BCUT2D eigenvalue weighted by molar-refractivity contribution is 5.74. The van der Waals surface area contributed by atoms with Crippen molar-refractivity contribution in [2.24, 2.45) is 75.9 Å². The van der Waals surface area contributed by atoms with E-state index in [9.17, 15) is 4.79 Å². The van der Waals surface area contributed by atoms with Crippen LogP contribution in [-0.4, -0.2) is 18.4 Å². The molecular weight excluding hydrogens is 516 g/mol.